The number of benzene rings is 2. The zero-order chi connectivity index (χ0) is 21.1. The highest BCUT2D eigenvalue weighted by molar-refractivity contribution is 6.35. The smallest absolute Gasteiger partial charge is 0.329 e. The fourth-order valence-corrected chi connectivity index (χ4v) is 2.12. The fraction of sp³-hybridized carbons (Fsp3) is 0.200. The molecule has 2 N–H and O–H groups in total. The van der Waals surface area contributed by atoms with Gasteiger partial charge in [-0.1, -0.05) is 24.3 Å². The number of nitrogens with zero attached hydrogens (tertiary/aromatic N) is 1. The maximum atomic E-state index is 11.5. The summed E-state index contributed by atoms with van der Waals surface area (Å²) >= 11 is 0. The second-order valence-electron chi connectivity index (χ2n) is 5.79. The van der Waals surface area contributed by atoms with Crippen molar-refractivity contribution in [3.63, 3.8) is 0 Å². The summed E-state index contributed by atoms with van der Waals surface area (Å²) in [7, 11) is 1.49. The number of methoxy groups -OCH3 is 1. The van der Waals surface area contributed by atoms with Gasteiger partial charge in [0.25, 0.3) is 0 Å². The summed E-state index contributed by atoms with van der Waals surface area (Å²) in [5.74, 6) is -2.29. The van der Waals surface area contributed by atoms with Crippen LogP contribution in [0.1, 0.15) is 21.5 Å². The van der Waals surface area contributed by atoms with Crippen LogP contribution in [-0.2, 0) is 20.9 Å². The van der Waals surface area contributed by atoms with Crippen LogP contribution in [0.2, 0.25) is 0 Å². The molecule has 0 bridgehead atoms. The third-order valence-electron chi connectivity index (χ3n) is 3.65. The van der Waals surface area contributed by atoms with Gasteiger partial charge < -0.3 is 24.7 Å². The van der Waals surface area contributed by atoms with Crippen LogP contribution in [-0.4, -0.2) is 44.3 Å². The molecule has 0 aliphatic carbocycles. The van der Waals surface area contributed by atoms with E-state index in [-0.39, 0.29) is 18.7 Å². The molecule has 0 fully saturated rings. The van der Waals surface area contributed by atoms with Crippen LogP contribution in [0, 0.1) is 0 Å². The molecule has 2 aromatic rings. The molecule has 2 rings (SSSR count). The molecule has 0 radical (unpaired) electrons. The Labute approximate surface area is 167 Å². The molecular weight excluding hydrogens is 378 g/mol. The molecule has 2 aromatic carbocycles. The Balaban J connectivity index is 1.79. The predicted molar refractivity (Wildman–Crippen MR) is 102 cm³/mol. The molecule has 0 saturated carbocycles. The lowest BCUT2D eigenvalue weighted by Crippen LogP contribution is -2.39. The van der Waals surface area contributed by atoms with Crippen molar-refractivity contribution in [2.24, 2.45) is 5.10 Å². The van der Waals surface area contributed by atoms with Gasteiger partial charge in [-0.2, -0.15) is 5.10 Å². The molecule has 9 nitrogen and oxygen atoms in total. The normalized spacial score (nSPS) is 10.5. The Bertz CT molecular complexity index is 863. The minimum absolute atomic E-state index is 0.108. The Morgan fingerprint density at radius 3 is 2.34 bits per heavy atom. The van der Waals surface area contributed by atoms with Crippen molar-refractivity contribution >= 4 is 24.0 Å². The van der Waals surface area contributed by atoms with E-state index in [2.05, 4.69) is 15.8 Å². The second kappa shape index (κ2) is 11.2. The number of hydrazone groups is 1. The molecule has 152 valence electrons. The SMILES string of the molecule is COCCNC(=O)C(=O)N/N=C\c1ccc(OCc2ccc(C(=O)[O-])cc2)cc1. The number of carbonyl (C=O) groups is 3. The van der Waals surface area contributed by atoms with E-state index in [4.69, 9.17) is 9.47 Å². The zero-order valence-corrected chi connectivity index (χ0v) is 15.7. The number of hydrogen-bond acceptors (Lipinski definition) is 7. The maximum absolute atomic E-state index is 11.5. The minimum Gasteiger partial charge on any atom is -0.545 e. The molecule has 0 atom stereocenters. The van der Waals surface area contributed by atoms with Crippen LogP contribution in [0.5, 0.6) is 5.75 Å². The molecule has 2 amide bonds. The average molecular weight is 398 g/mol. The summed E-state index contributed by atoms with van der Waals surface area (Å²) < 4.78 is 10.4. The van der Waals surface area contributed by atoms with Gasteiger partial charge in [0, 0.05) is 13.7 Å². The number of rotatable bonds is 9. The van der Waals surface area contributed by atoms with Crippen molar-refractivity contribution in [2.75, 3.05) is 20.3 Å². The first-order valence-electron chi connectivity index (χ1n) is 8.63. The van der Waals surface area contributed by atoms with Crippen molar-refractivity contribution in [1.82, 2.24) is 10.7 Å². The zero-order valence-electron chi connectivity index (χ0n) is 15.7. The van der Waals surface area contributed by atoms with E-state index >= 15 is 0 Å². The maximum Gasteiger partial charge on any atom is 0.329 e. The lowest BCUT2D eigenvalue weighted by Gasteiger charge is -2.08. The first kappa shape index (κ1) is 21.6. The van der Waals surface area contributed by atoms with Crippen molar-refractivity contribution in [3.05, 3.63) is 65.2 Å². The van der Waals surface area contributed by atoms with Crippen molar-refractivity contribution in [1.29, 1.82) is 0 Å². The third kappa shape index (κ3) is 7.43. The monoisotopic (exact) mass is 398 g/mol. The molecule has 0 unspecified atom stereocenters. The van der Waals surface area contributed by atoms with Gasteiger partial charge in [-0.25, -0.2) is 5.43 Å². The van der Waals surface area contributed by atoms with Crippen LogP contribution < -0.4 is 20.6 Å². The quantitative estimate of drug-likeness (QED) is 0.261. The predicted octanol–water partition coefficient (Wildman–Crippen LogP) is -0.158. The largest absolute Gasteiger partial charge is 0.545 e. The Hall–Kier alpha value is -3.72. The summed E-state index contributed by atoms with van der Waals surface area (Å²) in [6.07, 6.45) is 1.39. The third-order valence-corrected chi connectivity index (χ3v) is 3.65. The van der Waals surface area contributed by atoms with Gasteiger partial charge >= 0.3 is 11.8 Å². The first-order valence-corrected chi connectivity index (χ1v) is 8.63. The summed E-state index contributed by atoms with van der Waals surface area (Å²) in [6.45, 7) is 0.811. The van der Waals surface area contributed by atoms with E-state index in [9.17, 15) is 19.5 Å². The van der Waals surface area contributed by atoms with Crippen LogP contribution in [0.3, 0.4) is 0 Å². The van der Waals surface area contributed by atoms with Gasteiger partial charge in [0.05, 0.1) is 18.8 Å². The van der Waals surface area contributed by atoms with E-state index in [1.807, 2.05) is 0 Å². The van der Waals surface area contributed by atoms with E-state index < -0.39 is 17.8 Å². The molecule has 0 aliphatic heterocycles. The Morgan fingerprint density at radius 2 is 1.72 bits per heavy atom. The highest BCUT2D eigenvalue weighted by atomic mass is 16.5. The molecular formula is C20H20N3O6-. The van der Waals surface area contributed by atoms with Gasteiger partial charge in [0.2, 0.25) is 0 Å². The van der Waals surface area contributed by atoms with Crippen LogP contribution in [0.4, 0.5) is 0 Å². The number of aromatic carboxylic acids is 1. The van der Waals surface area contributed by atoms with E-state index in [0.717, 1.165) is 5.56 Å². The number of carboxylic acid groups (broad SMARTS) is 1. The van der Waals surface area contributed by atoms with Gasteiger partial charge in [0.1, 0.15) is 12.4 Å². The van der Waals surface area contributed by atoms with E-state index in [1.54, 1.807) is 36.4 Å². The number of hydrogen-bond donors (Lipinski definition) is 2. The van der Waals surface area contributed by atoms with Crippen LogP contribution >= 0.6 is 0 Å². The van der Waals surface area contributed by atoms with Crippen molar-refractivity contribution < 1.29 is 29.0 Å². The molecule has 0 spiro atoms. The molecule has 0 heterocycles. The molecule has 0 saturated heterocycles. The topological polar surface area (TPSA) is 129 Å². The standard InChI is InChI=1S/C20H21N3O6/c1-28-11-10-21-18(24)19(25)23-22-12-14-4-8-17(9-5-14)29-13-15-2-6-16(7-3-15)20(26)27/h2-9,12H,10-11,13H2,1H3,(H,21,24)(H,23,25)(H,26,27)/p-1/b22-12-. The molecule has 29 heavy (non-hydrogen) atoms. The number of nitrogens with one attached hydrogen (secondary N) is 2. The van der Waals surface area contributed by atoms with Crippen molar-refractivity contribution in [3.8, 4) is 5.75 Å². The summed E-state index contributed by atoms with van der Waals surface area (Å²) in [4.78, 5) is 33.7. The fourth-order valence-electron chi connectivity index (χ4n) is 2.12. The van der Waals surface area contributed by atoms with Gasteiger partial charge in [0.15, 0.2) is 0 Å². The Morgan fingerprint density at radius 1 is 1.03 bits per heavy atom. The average Bonchev–Trinajstić information content (AvgIpc) is 2.73. The molecule has 9 heteroatoms. The number of amides is 2. The number of ether oxygens (including phenoxy) is 2. The van der Waals surface area contributed by atoms with Crippen molar-refractivity contribution in [2.45, 2.75) is 6.61 Å². The minimum atomic E-state index is -1.22. The molecule has 0 aliphatic rings. The van der Waals surface area contributed by atoms with Crippen LogP contribution in [0.25, 0.3) is 0 Å². The van der Waals surface area contributed by atoms with Gasteiger partial charge in [-0.3, -0.25) is 9.59 Å². The van der Waals surface area contributed by atoms with Gasteiger partial charge in [-0.05, 0) is 41.0 Å². The summed E-state index contributed by atoms with van der Waals surface area (Å²) in [6, 6.07) is 13.1. The summed E-state index contributed by atoms with van der Waals surface area (Å²) in [5.41, 5.74) is 3.74. The van der Waals surface area contributed by atoms with E-state index in [1.165, 1.54) is 25.5 Å². The lowest BCUT2D eigenvalue weighted by atomic mass is 10.1. The van der Waals surface area contributed by atoms with Gasteiger partial charge in [-0.15, -0.1) is 0 Å². The highest BCUT2D eigenvalue weighted by Gasteiger charge is 2.11. The molecule has 0 aromatic heterocycles. The highest BCUT2D eigenvalue weighted by Crippen LogP contribution is 2.14. The lowest BCUT2D eigenvalue weighted by molar-refractivity contribution is -0.255. The van der Waals surface area contributed by atoms with Crippen LogP contribution in [0.15, 0.2) is 53.6 Å². The number of carboxylic acids is 1. The first-order chi connectivity index (χ1) is 14.0. The second-order valence-corrected chi connectivity index (χ2v) is 5.79. The number of carbonyl (C=O) groups excluding carboxylic acids is 3. The summed E-state index contributed by atoms with van der Waals surface area (Å²) in [5, 5.41) is 16.8. The van der Waals surface area contributed by atoms with E-state index in [0.29, 0.717) is 17.9 Å². The Kier molecular flexibility index (Phi) is 8.33.